The van der Waals surface area contributed by atoms with Crippen molar-refractivity contribution < 1.29 is 10.0 Å². The van der Waals surface area contributed by atoms with Crippen molar-refractivity contribution in [2.75, 3.05) is 13.1 Å². The van der Waals surface area contributed by atoms with E-state index in [0.717, 1.165) is 16.6 Å². The third-order valence-corrected chi connectivity index (χ3v) is 3.59. The Morgan fingerprint density at radius 3 is 2.74 bits per heavy atom. The van der Waals surface area contributed by atoms with Gasteiger partial charge < -0.3 is 15.1 Å². The number of nitrogens with zero attached hydrogens (tertiary/aromatic N) is 2. The molecule has 0 atom stereocenters. The molecule has 1 aromatic heterocycles. The Balaban J connectivity index is 1.85. The maximum absolute atomic E-state index is 12.5. The van der Waals surface area contributed by atoms with E-state index in [1.807, 2.05) is 29.2 Å². The van der Waals surface area contributed by atoms with Crippen molar-refractivity contribution in [2.24, 2.45) is 5.16 Å². The summed E-state index contributed by atoms with van der Waals surface area (Å²) in [4.78, 5) is 17.4. The van der Waals surface area contributed by atoms with Gasteiger partial charge in [0.15, 0.2) is 0 Å². The van der Waals surface area contributed by atoms with E-state index in [1.165, 1.54) is 0 Å². The first-order valence-electron chi connectivity index (χ1n) is 6.35. The van der Waals surface area contributed by atoms with Crippen LogP contribution in [-0.2, 0) is 0 Å². The number of oxime groups is 1. The molecule has 0 unspecified atom stereocenters. The Hall–Kier alpha value is -2.30. The third-order valence-electron chi connectivity index (χ3n) is 3.59. The number of likely N-dealkylation sites (tertiary alicyclic amines) is 1. The molecule has 0 bridgehead atoms. The minimum Gasteiger partial charge on any atom is -0.411 e. The fraction of sp³-hybridized carbons (Fsp3) is 0.286. The number of carbonyl (C=O) groups excluding carboxylic acids is 1. The highest BCUT2D eigenvalue weighted by atomic mass is 16.4. The van der Waals surface area contributed by atoms with E-state index in [1.54, 1.807) is 6.20 Å². The van der Waals surface area contributed by atoms with Crippen LogP contribution in [0.25, 0.3) is 10.9 Å². The summed E-state index contributed by atoms with van der Waals surface area (Å²) in [6.45, 7) is 1.22. The fourth-order valence-corrected chi connectivity index (χ4v) is 2.49. The number of fused-ring (bicyclic) bond motifs is 1. The number of nitrogens with one attached hydrogen (secondary N) is 1. The Morgan fingerprint density at radius 1 is 1.26 bits per heavy atom. The van der Waals surface area contributed by atoms with E-state index in [4.69, 9.17) is 5.21 Å². The lowest BCUT2D eigenvalue weighted by molar-refractivity contribution is 0.0756. The van der Waals surface area contributed by atoms with E-state index in [2.05, 4.69) is 10.1 Å². The summed E-state index contributed by atoms with van der Waals surface area (Å²) in [5.41, 5.74) is 2.45. The van der Waals surface area contributed by atoms with E-state index >= 15 is 0 Å². The van der Waals surface area contributed by atoms with Crippen molar-refractivity contribution in [2.45, 2.75) is 12.8 Å². The van der Waals surface area contributed by atoms with Crippen LogP contribution in [0, 0.1) is 0 Å². The number of H-pyrrole nitrogens is 1. The number of carbonyl (C=O) groups is 1. The normalized spacial score (nSPS) is 15.8. The van der Waals surface area contributed by atoms with Crippen LogP contribution in [-0.4, -0.2) is 39.8 Å². The molecule has 3 rings (SSSR count). The van der Waals surface area contributed by atoms with E-state index in [0.29, 0.717) is 31.5 Å². The zero-order valence-corrected chi connectivity index (χ0v) is 10.5. The van der Waals surface area contributed by atoms with Gasteiger partial charge in [-0.15, -0.1) is 0 Å². The van der Waals surface area contributed by atoms with Gasteiger partial charge in [0.2, 0.25) is 0 Å². The summed E-state index contributed by atoms with van der Waals surface area (Å²) in [6, 6.07) is 7.78. The van der Waals surface area contributed by atoms with Crippen molar-refractivity contribution in [3.63, 3.8) is 0 Å². The monoisotopic (exact) mass is 257 g/mol. The highest BCUT2D eigenvalue weighted by Gasteiger charge is 2.23. The molecule has 1 amide bonds. The Morgan fingerprint density at radius 2 is 2.00 bits per heavy atom. The zero-order valence-electron chi connectivity index (χ0n) is 10.5. The number of piperidine rings is 1. The molecule has 1 aromatic carbocycles. The van der Waals surface area contributed by atoms with Crippen molar-refractivity contribution in [3.8, 4) is 0 Å². The average molecular weight is 257 g/mol. The number of rotatable bonds is 1. The van der Waals surface area contributed by atoms with Gasteiger partial charge in [0.1, 0.15) is 0 Å². The summed E-state index contributed by atoms with van der Waals surface area (Å²) in [6.07, 6.45) is 3.05. The first-order chi connectivity index (χ1) is 9.29. The average Bonchev–Trinajstić information content (AvgIpc) is 2.90. The van der Waals surface area contributed by atoms with Gasteiger partial charge in [-0.1, -0.05) is 23.4 Å². The van der Waals surface area contributed by atoms with Gasteiger partial charge in [0.05, 0.1) is 11.3 Å². The standard InChI is InChI=1S/C14H15N3O2/c18-14(17-7-5-10(16-19)6-8-17)12-9-15-13-4-2-1-3-11(12)13/h1-4,9,15,19H,5-8H2. The maximum Gasteiger partial charge on any atom is 0.256 e. The molecule has 5 nitrogen and oxygen atoms in total. The van der Waals surface area contributed by atoms with Crippen LogP contribution in [0.15, 0.2) is 35.6 Å². The minimum atomic E-state index is 0.0365. The Labute approximate surface area is 110 Å². The number of benzene rings is 1. The van der Waals surface area contributed by atoms with Crippen LogP contribution in [0.4, 0.5) is 0 Å². The second-order valence-corrected chi connectivity index (χ2v) is 4.71. The maximum atomic E-state index is 12.5. The van der Waals surface area contributed by atoms with E-state index in [-0.39, 0.29) is 5.91 Å². The molecule has 2 N–H and O–H groups in total. The molecule has 0 spiro atoms. The third kappa shape index (κ3) is 2.07. The predicted molar refractivity (Wildman–Crippen MR) is 72.7 cm³/mol. The molecule has 5 heteroatoms. The summed E-state index contributed by atoms with van der Waals surface area (Å²) in [5, 5.41) is 12.9. The van der Waals surface area contributed by atoms with Gasteiger partial charge in [0.25, 0.3) is 5.91 Å². The summed E-state index contributed by atoms with van der Waals surface area (Å²) >= 11 is 0. The quantitative estimate of drug-likeness (QED) is 0.607. The molecule has 1 fully saturated rings. The number of amides is 1. The second-order valence-electron chi connectivity index (χ2n) is 4.71. The largest absolute Gasteiger partial charge is 0.411 e. The minimum absolute atomic E-state index is 0.0365. The Kier molecular flexibility index (Phi) is 2.95. The summed E-state index contributed by atoms with van der Waals surface area (Å²) in [7, 11) is 0. The highest BCUT2D eigenvalue weighted by molar-refractivity contribution is 6.07. The van der Waals surface area contributed by atoms with Crippen LogP contribution < -0.4 is 0 Å². The molecule has 1 saturated heterocycles. The number of aromatic amines is 1. The highest BCUT2D eigenvalue weighted by Crippen LogP contribution is 2.20. The van der Waals surface area contributed by atoms with Gasteiger partial charge in [0, 0.05) is 43.0 Å². The van der Waals surface area contributed by atoms with Gasteiger partial charge in [-0.3, -0.25) is 4.79 Å². The predicted octanol–water partition coefficient (Wildman–Crippen LogP) is 2.23. The van der Waals surface area contributed by atoms with E-state index in [9.17, 15) is 4.79 Å². The van der Waals surface area contributed by atoms with Crippen LogP contribution in [0.2, 0.25) is 0 Å². The molecule has 0 radical (unpaired) electrons. The zero-order chi connectivity index (χ0) is 13.2. The van der Waals surface area contributed by atoms with Crippen LogP contribution in [0.5, 0.6) is 0 Å². The van der Waals surface area contributed by atoms with Crippen molar-refractivity contribution in [3.05, 3.63) is 36.0 Å². The lowest BCUT2D eigenvalue weighted by Gasteiger charge is -2.27. The molecule has 98 valence electrons. The van der Waals surface area contributed by atoms with Gasteiger partial charge in [-0.25, -0.2) is 0 Å². The van der Waals surface area contributed by atoms with Crippen LogP contribution in [0.3, 0.4) is 0 Å². The summed E-state index contributed by atoms with van der Waals surface area (Å²) in [5.74, 6) is 0.0365. The second kappa shape index (κ2) is 4.76. The molecule has 1 aliphatic heterocycles. The molecule has 2 aromatic rings. The van der Waals surface area contributed by atoms with Crippen molar-refractivity contribution in [1.29, 1.82) is 0 Å². The molecular formula is C14H15N3O2. The fourth-order valence-electron chi connectivity index (χ4n) is 2.49. The number of aromatic nitrogens is 1. The van der Waals surface area contributed by atoms with Crippen LogP contribution in [0.1, 0.15) is 23.2 Å². The van der Waals surface area contributed by atoms with Gasteiger partial charge in [-0.05, 0) is 6.07 Å². The first-order valence-corrected chi connectivity index (χ1v) is 6.35. The number of para-hydroxylation sites is 1. The Bertz CT molecular complexity index is 635. The molecular weight excluding hydrogens is 242 g/mol. The topological polar surface area (TPSA) is 68.7 Å². The van der Waals surface area contributed by atoms with E-state index < -0.39 is 0 Å². The van der Waals surface area contributed by atoms with Crippen molar-refractivity contribution >= 4 is 22.5 Å². The molecule has 0 aliphatic carbocycles. The van der Waals surface area contributed by atoms with Gasteiger partial charge in [-0.2, -0.15) is 0 Å². The summed E-state index contributed by atoms with van der Waals surface area (Å²) < 4.78 is 0. The first kappa shape index (κ1) is 11.8. The number of hydrogen-bond acceptors (Lipinski definition) is 3. The lowest BCUT2D eigenvalue weighted by Crippen LogP contribution is -2.38. The number of hydrogen-bond donors (Lipinski definition) is 2. The van der Waals surface area contributed by atoms with Crippen molar-refractivity contribution in [1.82, 2.24) is 9.88 Å². The molecule has 0 saturated carbocycles. The molecule has 2 heterocycles. The molecule has 1 aliphatic rings. The molecule has 19 heavy (non-hydrogen) atoms. The smallest absolute Gasteiger partial charge is 0.256 e. The van der Waals surface area contributed by atoms with Gasteiger partial charge >= 0.3 is 0 Å². The van der Waals surface area contributed by atoms with Crippen LogP contribution >= 0.6 is 0 Å². The lowest BCUT2D eigenvalue weighted by atomic mass is 10.1. The SMILES string of the molecule is O=C(c1c[nH]c2ccccc12)N1CCC(=NO)CC1.